The van der Waals surface area contributed by atoms with Crippen molar-refractivity contribution in [3.63, 3.8) is 0 Å². The Morgan fingerprint density at radius 2 is 2.00 bits per heavy atom. The van der Waals surface area contributed by atoms with Crippen molar-refractivity contribution in [1.82, 2.24) is 15.3 Å². The van der Waals surface area contributed by atoms with Crippen LogP contribution < -0.4 is 20.1 Å². The van der Waals surface area contributed by atoms with Gasteiger partial charge >= 0.3 is 6.03 Å². The Kier molecular flexibility index (Phi) is 6.91. The summed E-state index contributed by atoms with van der Waals surface area (Å²) >= 11 is 0. The summed E-state index contributed by atoms with van der Waals surface area (Å²) in [6.45, 7) is 1.94. The average molecular weight is 462 g/mol. The smallest absolute Gasteiger partial charge is 0.326 e. The Hall–Kier alpha value is -4.14. The minimum absolute atomic E-state index is 0.141. The molecular weight excluding hydrogens is 434 g/mol. The highest BCUT2D eigenvalue weighted by Gasteiger charge is 2.19. The molecule has 0 atom stereocenters. The molecule has 4 rings (SSSR count). The fraction of sp³-hybridized carbons (Fsp3) is 0.280. The van der Waals surface area contributed by atoms with Crippen LogP contribution in [0.3, 0.4) is 0 Å². The van der Waals surface area contributed by atoms with Crippen molar-refractivity contribution in [2.24, 2.45) is 5.92 Å². The molecule has 0 bridgehead atoms. The molecule has 2 aromatic carbocycles. The third-order valence-electron chi connectivity index (χ3n) is 5.75. The topological polar surface area (TPSA) is 129 Å². The number of ether oxygens (including phenoxy) is 2. The number of aryl methyl sites for hydroxylation is 1. The summed E-state index contributed by atoms with van der Waals surface area (Å²) in [4.78, 5) is 20.8. The van der Waals surface area contributed by atoms with Crippen LogP contribution in [-0.4, -0.2) is 33.9 Å². The van der Waals surface area contributed by atoms with Gasteiger partial charge in [0.1, 0.15) is 17.8 Å². The molecule has 3 aromatic rings. The fourth-order valence-electron chi connectivity index (χ4n) is 4.03. The number of hydrogen-bond donors (Lipinski definition) is 4. The molecule has 1 saturated carbocycles. The maximum absolute atomic E-state index is 12.3. The van der Waals surface area contributed by atoms with Crippen molar-refractivity contribution < 1.29 is 19.4 Å². The van der Waals surface area contributed by atoms with Gasteiger partial charge in [-0.05, 0) is 49.6 Å². The lowest BCUT2D eigenvalue weighted by atomic mass is 10.0. The number of nitrogens with one attached hydrogen (secondary N) is 3. The van der Waals surface area contributed by atoms with E-state index < -0.39 is 6.03 Å². The van der Waals surface area contributed by atoms with E-state index in [1.54, 1.807) is 31.4 Å². The van der Waals surface area contributed by atoms with Gasteiger partial charge in [0, 0.05) is 29.5 Å². The molecule has 1 aromatic heterocycles. The number of fused-ring (bicyclic) bond motifs is 1. The summed E-state index contributed by atoms with van der Waals surface area (Å²) in [5, 5.41) is 23.8. The summed E-state index contributed by atoms with van der Waals surface area (Å²) in [5.74, 6) is 1.30. The molecule has 34 heavy (non-hydrogen) atoms. The van der Waals surface area contributed by atoms with E-state index in [0.717, 1.165) is 36.8 Å². The largest absolute Gasteiger partial charge is 0.496 e. The molecular formula is C25H27N5O4. The summed E-state index contributed by atoms with van der Waals surface area (Å²) in [7, 11) is 1.60. The molecule has 0 radical (unpaired) electrons. The normalized spacial score (nSPS) is 14.1. The van der Waals surface area contributed by atoms with Crippen LogP contribution in [0.25, 0.3) is 10.9 Å². The van der Waals surface area contributed by atoms with E-state index in [0.29, 0.717) is 34.2 Å². The molecule has 176 valence electrons. The van der Waals surface area contributed by atoms with Crippen molar-refractivity contribution >= 4 is 28.3 Å². The second-order valence-corrected chi connectivity index (χ2v) is 8.19. The third kappa shape index (κ3) is 5.43. The van der Waals surface area contributed by atoms with Gasteiger partial charge in [-0.25, -0.2) is 14.8 Å². The maximum atomic E-state index is 12.3. The third-order valence-corrected chi connectivity index (χ3v) is 5.75. The number of rotatable bonds is 7. The number of allylic oxidation sites excluding steroid dienone is 1. The molecule has 1 aliphatic rings. The van der Waals surface area contributed by atoms with Gasteiger partial charge in [-0.15, -0.1) is 0 Å². The van der Waals surface area contributed by atoms with Crippen molar-refractivity contribution in [2.75, 3.05) is 12.4 Å². The lowest BCUT2D eigenvalue weighted by Gasteiger charge is -2.12. The number of nitrogens with zero attached hydrogens (tertiary/aromatic N) is 2. The maximum Gasteiger partial charge on any atom is 0.326 e. The van der Waals surface area contributed by atoms with Crippen LogP contribution in [0.1, 0.15) is 31.2 Å². The van der Waals surface area contributed by atoms with E-state index >= 15 is 0 Å². The van der Waals surface area contributed by atoms with Crippen molar-refractivity contribution in [3.05, 3.63) is 60.2 Å². The van der Waals surface area contributed by atoms with Crippen LogP contribution in [0.5, 0.6) is 17.4 Å². The van der Waals surface area contributed by atoms with Gasteiger partial charge in [0.15, 0.2) is 5.88 Å². The summed E-state index contributed by atoms with van der Waals surface area (Å²) < 4.78 is 11.4. The first kappa shape index (κ1) is 23.0. The molecule has 2 amide bonds. The van der Waals surface area contributed by atoms with Gasteiger partial charge in [-0.3, -0.25) is 5.32 Å². The Labute approximate surface area is 197 Å². The molecule has 0 spiro atoms. The predicted molar refractivity (Wildman–Crippen MR) is 130 cm³/mol. The average Bonchev–Trinajstić information content (AvgIpc) is 3.34. The number of benzene rings is 2. The highest BCUT2D eigenvalue weighted by molar-refractivity contribution is 5.96. The Morgan fingerprint density at radius 1 is 1.21 bits per heavy atom. The zero-order chi connectivity index (χ0) is 24.1. The first-order valence-corrected chi connectivity index (χ1v) is 11.1. The number of methoxy groups -OCH3 is 1. The van der Waals surface area contributed by atoms with Crippen LogP contribution in [0.2, 0.25) is 0 Å². The van der Waals surface area contributed by atoms with E-state index in [1.165, 1.54) is 12.4 Å². The van der Waals surface area contributed by atoms with Crippen molar-refractivity contribution in [1.29, 1.82) is 5.41 Å². The molecule has 4 N–H and O–H groups in total. The standard InChI is InChI=1S/C25H27N5O4/c1-15-10-21-19(12-22(15)33-2)24(28-14-27-21)34-18-9-5-8-17(11-18)29-25(32)30-23(31)13-20(26)16-6-3-4-7-16/h5,8-14,16,26,31H,3-4,6-7H2,1-2H3,(H2,29,30,32)/b23-13-,26-20?. The Morgan fingerprint density at radius 3 is 2.76 bits per heavy atom. The summed E-state index contributed by atoms with van der Waals surface area (Å²) in [5.41, 5.74) is 2.46. The molecule has 9 nitrogen and oxygen atoms in total. The van der Waals surface area contributed by atoms with E-state index in [4.69, 9.17) is 14.9 Å². The molecule has 1 aliphatic carbocycles. The van der Waals surface area contributed by atoms with Gasteiger partial charge in [-0.2, -0.15) is 0 Å². The van der Waals surface area contributed by atoms with E-state index in [9.17, 15) is 9.90 Å². The van der Waals surface area contributed by atoms with Gasteiger partial charge in [0.25, 0.3) is 0 Å². The van der Waals surface area contributed by atoms with Crippen LogP contribution in [0.15, 0.2) is 54.7 Å². The number of aromatic nitrogens is 2. The minimum Gasteiger partial charge on any atom is -0.496 e. The fourth-order valence-corrected chi connectivity index (χ4v) is 4.03. The molecule has 9 heteroatoms. The Bertz CT molecular complexity index is 1250. The van der Waals surface area contributed by atoms with Gasteiger partial charge < -0.3 is 25.3 Å². The van der Waals surface area contributed by atoms with Crippen LogP contribution in [-0.2, 0) is 0 Å². The lowest BCUT2D eigenvalue weighted by molar-refractivity contribution is 0.247. The second kappa shape index (κ2) is 10.2. The molecule has 0 unspecified atom stereocenters. The highest BCUT2D eigenvalue weighted by atomic mass is 16.5. The first-order chi connectivity index (χ1) is 16.4. The molecule has 1 heterocycles. The van der Waals surface area contributed by atoms with Crippen LogP contribution in [0, 0.1) is 18.3 Å². The number of carbonyl (C=O) groups is 1. The number of aliphatic hydroxyl groups excluding tert-OH is 1. The molecule has 0 aliphatic heterocycles. The SMILES string of the molecule is COc1cc2c(Oc3cccc(NC(=O)N/C(O)=C/C(=N)C4CCCC4)c3)ncnc2cc1C. The van der Waals surface area contributed by atoms with Gasteiger partial charge in [-0.1, -0.05) is 18.9 Å². The Balaban J connectivity index is 1.44. The van der Waals surface area contributed by atoms with E-state index in [-0.39, 0.29) is 11.8 Å². The first-order valence-electron chi connectivity index (χ1n) is 11.1. The monoisotopic (exact) mass is 461 g/mol. The number of anilines is 1. The van der Waals surface area contributed by atoms with Crippen LogP contribution >= 0.6 is 0 Å². The van der Waals surface area contributed by atoms with Gasteiger partial charge in [0.2, 0.25) is 5.88 Å². The molecule has 1 fully saturated rings. The number of amides is 2. The second-order valence-electron chi connectivity index (χ2n) is 8.19. The minimum atomic E-state index is -0.627. The number of aliphatic hydroxyl groups is 1. The van der Waals surface area contributed by atoms with Crippen LogP contribution in [0.4, 0.5) is 10.5 Å². The predicted octanol–water partition coefficient (Wildman–Crippen LogP) is 5.47. The van der Waals surface area contributed by atoms with Crippen molar-refractivity contribution in [3.8, 4) is 17.4 Å². The number of urea groups is 1. The van der Waals surface area contributed by atoms with E-state index in [1.807, 2.05) is 19.1 Å². The zero-order valence-electron chi connectivity index (χ0n) is 19.1. The van der Waals surface area contributed by atoms with Gasteiger partial charge in [0.05, 0.1) is 18.0 Å². The summed E-state index contributed by atoms with van der Waals surface area (Å²) in [6, 6.07) is 9.90. The quantitative estimate of drug-likeness (QED) is 0.273. The highest BCUT2D eigenvalue weighted by Crippen LogP contribution is 2.32. The van der Waals surface area contributed by atoms with Crippen molar-refractivity contribution in [2.45, 2.75) is 32.6 Å². The lowest BCUT2D eigenvalue weighted by Crippen LogP contribution is -2.28. The molecule has 0 saturated heterocycles. The zero-order valence-corrected chi connectivity index (χ0v) is 19.1. The number of hydrogen-bond acceptors (Lipinski definition) is 7. The van der Waals surface area contributed by atoms with E-state index in [2.05, 4.69) is 20.6 Å². The number of carbonyl (C=O) groups excluding carboxylic acids is 1. The summed E-state index contributed by atoms with van der Waals surface area (Å²) in [6.07, 6.45) is 6.78.